The molecule has 3 amide bonds. The summed E-state index contributed by atoms with van der Waals surface area (Å²) in [5.74, 6) is -1.12. The van der Waals surface area contributed by atoms with Gasteiger partial charge in [0.05, 0.1) is 24.8 Å². The van der Waals surface area contributed by atoms with Gasteiger partial charge < -0.3 is 19.5 Å². The van der Waals surface area contributed by atoms with E-state index in [-0.39, 0.29) is 22.1 Å². The lowest BCUT2D eigenvalue weighted by Crippen LogP contribution is -2.42. The maximum absolute atomic E-state index is 12.7. The Hall–Kier alpha value is -3.26. The van der Waals surface area contributed by atoms with Gasteiger partial charge in [-0.15, -0.1) is 0 Å². The monoisotopic (exact) mass is 420 g/mol. The van der Waals surface area contributed by atoms with E-state index in [4.69, 9.17) is 25.8 Å². The molecule has 0 fully saturated rings. The third-order valence-electron chi connectivity index (χ3n) is 3.81. The van der Waals surface area contributed by atoms with Crippen LogP contribution in [0.3, 0.4) is 0 Å². The number of benzene rings is 2. The van der Waals surface area contributed by atoms with Crippen molar-refractivity contribution in [1.82, 2.24) is 10.6 Å². The van der Waals surface area contributed by atoms with Crippen LogP contribution >= 0.6 is 11.6 Å². The molecule has 9 heteroatoms. The Morgan fingerprint density at radius 3 is 2.34 bits per heavy atom. The highest BCUT2D eigenvalue weighted by Crippen LogP contribution is 2.36. The zero-order chi connectivity index (χ0) is 21.4. The van der Waals surface area contributed by atoms with Crippen LogP contribution in [0, 0.1) is 0 Å². The number of hydrogen-bond donors (Lipinski definition) is 2. The summed E-state index contributed by atoms with van der Waals surface area (Å²) in [6.07, 6.45) is -1.35. The summed E-state index contributed by atoms with van der Waals surface area (Å²) in [7, 11) is 2.81. The lowest BCUT2D eigenvalue weighted by atomic mass is 10.1. The Morgan fingerprint density at radius 2 is 1.76 bits per heavy atom. The van der Waals surface area contributed by atoms with Crippen LogP contribution in [0.25, 0.3) is 0 Å². The van der Waals surface area contributed by atoms with Crippen LogP contribution < -0.4 is 20.1 Å². The minimum Gasteiger partial charge on any atom is -0.493 e. The molecule has 2 aromatic carbocycles. The van der Waals surface area contributed by atoms with Crippen molar-refractivity contribution in [2.24, 2.45) is 0 Å². The molecule has 0 saturated heterocycles. The van der Waals surface area contributed by atoms with E-state index in [9.17, 15) is 14.4 Å². The van der Waals surface area contributed by atoms with E-state index in [1.165, 1.54) is 26.4 Å². The molecule has 0 aromatic heterocycles. The number of carbonyl (C=O) groups is 3. The minimum atomic E-state index is -1.35. The zero-order valence-electron chi connectivity index (χ0n) is 16.2. The van der Waals surface area contributed by atoms with E-state index in [1.54, 1.807) is 37.3 Å². The van der Waals surface area contributed by atoms with Crippen molar-refractivity contribution >= 4 is 29.5 Å². The molecule has 29 heavy (non-hydrogen) atoms. The van der Waals surface area contributed by atoms with Crippen molar-refractivity contribution in [3.05, 3.63) is 58.6 Å². The van der Waals surface area contributed by atoms with Crippen molar-refractivity contribution in [2.75, 3.05) is 20.8 Å². The normalized spacial score (nSPS) is 11.2. The van der Waals surface area contributed by atoms with Crippen LogP contribution in [0.15, 0.2) is 42.5 Å². The highest BCUT2D eigenvalue weighted by Gasteiger charge is 2.28. The average molecular weight is 421 g/mol. The molecule has 2 rings (SSSR count). The minimum absolute atomic E-state index is 0.0550. The number of hydrogen-bond acceptors (Lipinski definition) is 6. The second kappa shape index (κ2) is 10.3. The van der Waals surface area contributed by atoms with Gasteiger partial charge in [-0.2, -0.15) is 0 Å². The van der Waals surface area contributed by atoms with E-state index in [2.05, 4.69) is 10.6 Å². The molecule has 0 radical (unpaired) electrons. The number of rotatable bonds is 7. The molecule has 1 atom stereocenters. The summed E-state index contributed by atoms with van der Waals surface area (Å²) < 4.78 is 15.7. The van der Waals surface area contributed by atoms with Crippen molar-refractivity contribution < 1.29 is 28.6 Å². The number of urea groups is 1. The maximum atomic E-state index is 12.7. The van der Waals surface area contributed by atoms with Crippen molar-refractivity contribution in [3.63, 3.8) is 0 Å². The molecule has 8 nitrogen and oxygen atoms in total. The lowest BCUT2D eigenvalue weighted by Gasteiger charge is -2.18. The SMILES string of the molecule is CCNC(=O)NC(=O)C(OC(=O)c1cc(Cl)c(OC)c(OC)c1)c1ccccc1. The number of halogens is 1. The molecule has 0 saturated carbocycles. The first kappa shape index (κ1) is 22.0. The fourth-order valence-corrected chi connectivity index (χ4v) is 2.78. The fourth-order valence-electron chi connectivity index (χ4n) is 2.49. The summed E-state index contributed by atoms with van der Waals surface area (Å²) in [5.41, 5.74) is 0.452. The van der Waals surface area contributed by atoms with Crippen molar-refractivity contribution in [1.29, 1.82) is 0 Å². The van der Waals surface area contributed by atoms with E-state index < -0.39 is 24.0 Å². The lowest BCUT2D eigenvalue weighted by molar-refractivity contribution is -0.129. The predicted molar refractivity (Wildman–Crippen MR) is 106 cm³/mol. The molecule has 0 bridgehead atoms. The molecule has 2 N–H and O–H groups in total. The molecule has 0 spiro atoms. The summed E-state index contributed by atoms with van der Waals surface area (Å²) in [4.78, 5) is 37.0. The van der Waals surface area contributed by atoms with Crippen LogP contribution in [0.5, 0.6) is 11.5 Å². The second-order valence-electron chi connectivity index (χ2n) is 5.74. The number of ether oxygens (including phenoxy) is 3. The Morgan fingerprint density at radius 1 is 1.07 bits per heavy atom. The molecular weight excluding hydrogens is 400 g/mol. The molecule has 0 heterocycles. The average Bonchev–Trinajstić information content (AvgIpc) is 2.71. The first-order chi connectivity index (χ1) is 13.9. The standard InChI is InChI=1S/C20H21ClN2O6/c1-4-22-20(26)23-18(24)16(12-8-6-5-7-9-12)29-19(25)13-10-14(21)17(28-3)15(11-13)27-2/h5-11,16H,4H2,1-3H3,(H2,22,23,24,26). The van der Waals surface area contributed by atoms with Gasteiger partial charge in [-0.1, -0.05) is 41.9 Å². The maximum Gasteiger partial charge on any atom is 0.339 e. The van der Waals surface area contributed by atoms with Gasteiger partial charge in [0.1, 0.15) is 0 Å². The number of methoxy groups -OCH3 is 2. The van der Waals surface area contributed by atoms with Crippen LogP contribution in [-0.4, -0.2) is 38.7 Å². The van der Waals surface area contributed by atoms with Gasteiger partial charge in [-0.25, -0.2) is 9.59 Å². The number of imide groups is 1. The molecule has 0 aliphatic rings. The second-order valence-corrected chi connectivity index (χ2v) is 6.15. The molecule has 154 valence electrons. The first-order valence-corrected chi connectivity index (χ1v) is 9.05. The Bertz CT molecular complexity index is 888. The number of esters is 1. The number of nitrogens with one attached hydrogen (secondary N) is 2. The number of carbonyl (C=O) groups excluding carboxylic acids is 3. The molecule has 0 aliphatic heterocycles. The zero-order valence-corrected chi connectivity index (χ0v) is 16.9. The largest absolute Gasteiger partial charge is 0.493 e. The van der Waals surface area contributed by atoms with Gasteiger partial charge in [0, 0.05) is 12.1 Å². The topological polar surface area (TPSA) is 103 Å². The molecule has 1 unspecified atom stereocenters. The Balaban J connectivity index is 2.31. The third-order valence-corrected chi connectivity index (χ3v) is 4.09. The number of amides is 3. The predicted octanol–water partition coefficient (Wildman–Crippen LogP) is 3.10. The smallest absolute Gasteiger partial charge is 0.339 e. The fraction of sp³-hybridized carbons (Fsp3) is 0.250. The summed E-state index contributed by atoms with van der Waals surface area (Å²) in [6.45, 7) is 2.04. The van der Waals surface area contributed by atoms with Gasteiger partial charge in [-0.3, -0.25) is 10.1 Å². The Labute approximate surface area is 173 Å². The summed E-state index contributed by atoms with van der Waals surface area (Å²) in [5, 5.41) is 4.74. The molecule has 2 aromatic rings. The highest BCUT2D eigenvalue weighted by molar-refractivity contribution is 6.32. The molecular formula is C20H21ClN2O6. The van der Waals surface area contributed by atoms with Gasteiger partial charge in [0.25, 0.3) is 5.91 Å². The van der Waals surface area contributed by atoms with Crippen LogP contribution in [0.2, 0.25) is 5.02 Å². The summed E-state index contributed by atoms with van der Waals surface area (Å²) in [6, 6.07) is 10.4. The van der Waals surface area contributed by atoms with E-state index in [1.807, 2.05) is 0 Å². The summed E-state index contributed by atoms with van der Waals surface area (Å²) >= 11 is 6.13. The van der Waals surface area contributed by atoms with E-state index >= 15 is 0 Å². The Kier molecular flexibility index (Phi) is 7.85. The van der Waals surface area contributed by atoms with Crippen LogP contribution in [0.4, 0.5) is 4.79 Å². The van der Waals surface area contributed by atoms with Crippen molar-refractivity contribution in [2.45, 2.75) is 13.0 Å². The van der Waals surface area contributed by atoms with Gasteiger partial charge in [-0.05, 0) is 19.1 Å². The quantitative estimate of drug-likeness (QED) is 0.667. The van der Waals surface area contributed by atoms with Gasteiger partial charge in [0.15, 0.2) is 11.5 Å². The van der Waals surface area contributed by atoms with Gasteiger partial charge >= 0.3 is 12.0 Å². The van der Waals surface area contributed by atoms with Crippen LogP contribution in [-0.2, 0) is 9.53 Å². The van der Waals surface area contributed by atoms with Crippen LogP contribution in [0.1, 0.15) is 28.9 Å². The van der Waals surface area contributed by atoms with Gasteiger partial charge in [0.2, 0.25) is 6.10 Å². The van der Waals surface area contributed by atoms with E-state index in [0.717, 1.165) is 0 Å². The highest BCUT2D eigenvalue weighted by atomic mass is 35.5. The van der Waals surface area contributed by atoms with Crippen molar-refractivity contribution in [3.8, 4) is 11.5 Å². The van der Waals surface area contributed by atoms with E-state index in [0.29, 0.717) is 12.1 Å². The third kappa shape index (κ3) is 5.61. The first-order valence-electron chi connectivity index (χ1n) is 8.67. The molecule has 0 aliphatic carbocycles.